The number of benzene rings is 1. The zero-order valence-electron chi connectivity index (χ0n) is 8.16. The Bertz CT molecular complexity index is 323. The summed E-state index contributed by atoms with van der Waals surface area (Å²) in [5, 5.41) is 2.71. The number of nitrogen functional groups attached to an aromatic ring is 1. The van der Waals surface area contributed by atoms with Gasteiger partial charge in [-0.15, -0.1) is 0 Å². The van der Waals surface area contributed by atoms with Crippen molar-refractivity contribution in [2.75, 3.05) is 5.73 Å². The predicted octanol–water partition coefficient (Wildman–Crippen LogP) is 0.232. The third-order valence-electron chi connectivity index (χ3n) is 1.83. The van der Waals surface area contributed by atoms with Crippen LogP contribution in [0.15, 0.2) is 24.3 Å². The van der Waals surface area contributed by atoms with Crippen LogP contribution in [0.3, 0.4) is 0 Å². The van der Waals surface area contributed by atoms with E-state index in [-0.39, 0.29) is 5.91 Å². The number of nitrogens with two attached hydrogens (primary N) is 2. The zero-order valence-corrected chi connectivity index (χ0v) is 8.16. The van der Waals surface area contributed by atoms with E-state index in [4.69, 9.17) is 11.5 Å². The minimum absolute atomic E-state index is 0.160. The van der Waals surface area contributed by atoms with E-state index in [1.807, 2.05) is 18.2 Å². The molecule has 1 rings (SSSR count). The Labute approximate surface area is 83.3 Å². The van der Waals surface area contributed by atoms with Crippen molar-refractivity contribution >= 4 is 11.6 Å². The Kier molecular flexibility index (Phi) is 3.48. The second-order valence-corrected chi connectivity index (χ2v) is 3.25. The van der Waals surface area contributed by atoms with Gasteiger partial charge in [-0.25, -0.2) is 0 Å². The number of anilines is 1. The number of nitrogens with one attached hydrogen (secondary N) is 1. The van der Waals surface area contributed by atoms with Gasteiger partial charge in [-0.05, 0) is 24.6 Å². The molecule has 0 aliphatic carbocycles. The van der Waals surface area contributed by atoms with Crippen molar-refractivity contribution in [2.24, 2.45) is 5.73 Å². The highest BCUT2D eigenvalue weighted by Crippen LogP contribution is 2.05. The van der Waals surface area contributed by atoms with E-state index in [9.17, 15) is 4.79 Å². The Morgan fingerprint density at radius 3 is 2.86 bits per heavy atom. The van der Waals surface area contributed by atoms with Gasteiger partial charge in [-0.3, -0.25) is 4.79 Å². The molecule has 0 radical (unpaired) electrons. The molecule has 0 fully saturated rings. The van der Waals surface area contributed by atoms with Crippen molar-refractivity contribution in [1.82, 2.24) is 5.32 Å². The van der Waals surface area contributed by atoms with Crippen molar-refractivity contribution < 1.29 is 4.79 Å². The molecule has 0 saturated carbocycles. The molecule has 1 aromatic rings. The molecule has 0 aliphatic rings. The molecule has 4 heteroatoms. The number of hydrogen-bond donors (Lipinski definition) is 3. The lowest BCUT2D eigenvalue weighted by atomic mass is 10.2. The summed E-state index contributed by atoms with van der Waals surface area (Å²) in [6.45, 7) is 2.11. The molecule has 0 aromatic heterocycles. The van der Waals surface area contributed by atoms with Crippen molar-refractivity contribution in [3.8, 4) is 0 Å². The van der Waals surface area contributed by atoms with Gasteiger partial charge in [0.2, 0.25) is 5.91 Å². The average Bonchev–Trinajstić information content (AvgIpc) is 2.14. The maximum absolute atomic E-state index is 11.1. The largest absolute Gasteiger partial charge is 0.399 e. The molecule has 0 heterocycles. The Morgan fingerprint density at radius 2 is 2.29 bits per heavy atom. The summed E-state index contributed by atoms with van der Waals surface area (Å²) in [5.41, 5.74) is 12.6. The minimum atomic E-state index is -0.476. The SMILES string of the molecule is CC(N)C(=O)NCc1cccc(N)c1. The van der Waals surface area contributed by atoms with Crippen molar-refractivity contribution in [2.45, 2.75) is 19.5 Å². The molecule has 1 aromatic carbocycles. The van der Waals surface area contributed by atoms with Gasteiger partial charge in [0.25, 0.3) is 0 Å². The third kappa shape index (κ3) is 3.06. The monoisotopic (exact) mass is 193 g/mol. The van der Waals surface area contributed by atoms with E-state index in [1.165, 1.54) is 0 Å². The molecule has 0 spiro atoms. The highest BCUT2D eigenvalue weighted by molar-refractivity contribution is 5.80. The van der Waals surface area contributed by atoms with Crippen LogP contribution in [0.4, 0.5) is 5.69 Å². The van der Waals surface area contributed by atoms with Gasteiger partial charge in [0.1, 0.15) is 0 Å². The first kappa shape index (κ1) is 10.5. The van der Waals surface area contributed by atoms with Crippen LogP contribution in [-0.2, 0) is 11.3 Å². The molecular weight excluding hydrogens is 178 g/mol. The molecular formula is C10H15N3O. The van der Waals surface area contributed by atoms with Crippen molar-refractivity contribution in [3.63, 3.8) is 0 Å². The molecule has 76 valence electrons. The van der Waals surface area contributed by atoms with Crippen LogP contribution in [-0.4, -0.2) is 11.9 Å². The molecule has 0 bridgehead atoms. The van der Waals surface area contributed by atoms with E-state index >= 15 is 0 Å². The van der Waals surface area contributed by atoms with E-state index in [2.05, 4.69) is 5.32 Å². The van der Waals surface area contributed by atoms with Gasteiger partial charge < -0.3 is 16.8 Å². The summed E-state index contributed by atoms with van der Waals surface area (Å²) in [6.07, 6.45) is 0. The molecule has 0 saturated heterocycles. The van der Waals surface area contributed by atoms with Crippen LogP contribution in [0.5, 0.6) is 0 Å². The van der Waals surface area contributed by atoms with Gasteiger partial charge in [0.05, 0.1) is 6.04 Å². The van der Waals surface area contributed by atoms with Crippen LogP contribution < -0.4 is 16.8 Å². The van der Waals surface area contributed by atoms with Crippen LogP contribution in [0.2, 0.25) is 0 Å². The molecule has 1 unspecified atom stereocenters. The van der Waals surface area contributed by atoms with Gasteiger partial charge >= 0.3 is 0 Å². The molecule has 1 atom stereocenters. The van der Waals surface area contributed by atoms with Crippen LogP contribution in [0.1, 0.15) is 12.5 Å². The number of hydrogen-bond acceptors (Lipinski definition) is 3. The second kappa shape index (κ2) is 4.62. The summed E-state index contributed by atoms with van der Waals surface area (Å²) in [4.78, 5) is 11.1. The highest BCUT2D eigenvalue weighted by atomic mass is 16.2. The van der Waals surface area contributed by atoms with Gasteiger partial charge in [-0.2, -0.15) is 0 Å². The van der Waals surface area contributed by atoms with Gasteiger partial charge in [0, 0.05) is 12.2 Å². The Balaban J connectivity index is 2.50. The van der Waals surface area contributed by atoms with Crippen LogP contribution in [0, 0.1) is 0 Å². The van der Waals surface area contributed by atoms with E-state index in [0.717, 1.165) is 5.56 Å². The molecule has 0 aliphatic heterocycles. The second-order valence-electron chi connectivity index (χ2n) is 3.25. The quantitative estimate of drug-likeness (QED) is 0.601. The Hall–Kier alpha value is -1.55. The number of carbonyl (C=O) groups is 1. The maximum Gasteiger partial charge on any atom is 0.236 e. The molecule has 14 heavy (non-hydrogen) atoms. The molecule has 4 nitrogen and oxygen atoms in total. The Morgan fingerprint density at radius 1 is 1.57 bits per heavy atom. The third-order valence-corrected chi connectivity index (χ3v) is 1.83. The summed E-state index contributed by atoms with van der Waals surface area (Å²) in [5.74, 6) is -0.160. The highest BCUT2D eigenvalue weighted by Gasteiger charge is 2.05. The van der Waals surface area contributed by atoms with Crippen molar-refractivity contribution in [3.05, 3.63) is 29.8 Å². The summed E-state index contributed by atoms with van der Waals surface area (Å²) in [6, 6.07) is 6.90. The molecule has 5 N–H and O–H groups in total. The summed E-state index contributed by atoms with van der Waals surface area (Å²) in [7, 11) is 0. The number of carbonyl (C=O) groups excluding carboxylic acids is 1. The number of rotatable bonds is 3. The smallest absolute Gasteiger partial charge is 0.236 e. The van der Waals surface area contributed by atoms with E-state index in [1.54, 1.807) is 13.0 Å². The van der Waals surface area contributed by atoms with Gasteiger partial charge in [0.15, 0.2) is 0 Å². The number of amides is 1. The lowest BCUT2D eigenvalue weighted by Gasteiger charge is -2.07. The van der Waals surface area contributed by atoms with E-state index in [0.29, 0.717) is 12.2 Å². The summed E-state index contributed by atoms with van der Waals surface area (Å²) >= 11 is 0. The standard InChI is InChI=1S/C10H15N3O/c1-7(11)10(14)13-6-8-3-2-4-9(12)5-8/h2-5,7H,6,11-12H2,1H3,(H,13,14). The van der Waals surface area contributed by atoms with Crippen molar-refractivity contribution in [1.29, 1.82) is 0 Å². The van der Waals surface area contributed by atoms with E-state index < -0.39 is 6.04 Å². The first-order valence-corrected chi connectivity index (χ1v) is 4.47. The topological polar surface area (TPSA) is 81.1 Å². The zero-order chi connectivity index (χ0) is 10.6. The fourth-order valence-electron chi connectivity index (χ4n) is 1.05. The lowest BCUT2D eigenvalue weighted by molar-refractivity contribution is -0.122. The normalized spacial score (nSPS) is 12.1. The first-order chi connectivity index (χ1) is 6.59. The van der Waals surface area contributed by atoms with Crippen LogP contribution >= 0.6 is 0 Å². The van der Waals surface area contributed by atoms with Crippen LogP contribution in [0.25, 0.3) is 0 Å². The first-order valence-electron chi connectivity index (χ1n) is 4.47. The lowest BCUT2D eigenvalue weighted by Crippen LogP contribution is -2.37. The maximum atomic E-state index is 11.1. The minimum Gasteiger partial charge on any atom is -0.399 e. The fraction of sp³-hybridized carbons (Fsp3) is 0.300. The van der Waals surface area contributed by atoms with Gasteiger partial charge in [-0.1, -0.05) is 12.1 Å². The summed E-state index contributed by atoms with van der Waals surface area (Å²) < 4.78 is 0. The molecule has 1 amide bonds. The predicted molar refractivity (Wildman–Crippen MR) is 56.4 cm³/mol. The fourth-order valence-corrected chi connectivity index (χ4v) is 1.05. The average molecular weight is 193 g/mol.